The zero-order valence-electron chi connectivity index (χ0n) is 9.49. The van der Waals surface area contributed by atoms with Gasteiger partial charge >= 0.3 is 0 Å². The molecule has 2 aromatic rings. The molecule has 1 atom stereocenters. The number of nitrogens with one attached hydrogen (secondary N) is 1. The number of anilines is 1. The van der Waals surface area contributed by atoms with Crippen LogP contribution in [0.3, 0.4) is 0 Å². The molecule has 4 heteroatoms. The average molecular weight is 247 g/mol. The maximum absolute atomic E-state index is 13.2. The highest BCUT2D eigenvalue weighted by Crippen LogP contribution is 2.33. The third-order valence-electron chi connectivity index (χ3n) is 2.91. The quantitative estimate of drug-likeness (QED) is 0.832. The number of para-hydroxylation sites is 2. The average Bonchev–Trinajstić information content (AvgIpc) is 2.37. The molecular formula is C14H11F2NO. The first kappa shape index (κ1) is 11.0. The first-order chi connectivity index (χ1) is 8.72. The molecule has 0 bridgehead atoms. The Morgan fingerprint density at radius 1 is 1.06 bits per heavy atom. The number of halogens is 2. The van der Waals surface area contributed by atoms with Crippen molar-refractivity contribution in [3.05, 3.63) is 59.7 Å². The zero-order chi connectivity index (χ0) is 12.5. The highest BCUT2D eigenvalue weighted by Gasteiger charge is 2.20. The van der Waals surface area contributed by atoms with Crippen LogP contribution >= 0.6 is 0 Å². The Bertz CT molecular complexity index is 566. The molecule has 0 saturated heterocycles. The van der Waals surface area contributed by atoms with Gasteiger partial charge in [-0.05, 0) is 29.8 Å². The third kappa shape index (κ3) is 2.01. The van der Waals surface area contributed by atoms with Gasteiger partial charge in [-0.3, -0.25) is 0 Å². The molecule has 0 amide bonds. The van der Waals surface area contributed by atoms with E-state index in [9.17, 15) is 8.78 Å². The Hall–Kier alpha value is -2.10. The Labute approximate surface area is 103 Å². The second-order valence-corrected chi connectivity index (χ2v) is 4.21. The molecule has 0 unspecified atom stereocenters. The molecule has 0 saturated carbocycles. The Balaban J connectivity index is 1.91. The predicted molar refractivity (Wildman–Crippen MR) is 64.7 cm³/mol. The number of rotatable bonds is 1. The van der Waals surface area contributed by atoms with Crippen LogP contribution in [0.4, 0.5) is 14.5 Å². The van der Waals surface area contributed by atoms with Gasteiger partial charge < -0.3 is 10.1 Å². The largest absolute Gasteiger partial charge is 0.489 e. The number of ether oxygens (including phenoxy) is 1. The third-order valence-corrected chi connectivity index (χ3v) is 2.91. The molecule has 0 radical (unpaired) electrons. The summed E-state index contributed by atoms with van der Waals surface area (Å²) in [6, 6.07) is 10.7. The molecule has 0 spiro atoms. The normalized spacial score (nSPS) is 17.6. The number of benzene rings is 2. The van der Waals surface area contributed by atoms with E-state index in [1.807, 2.05) is 24.3 Å². The van der Waals surface area contributed by atoms with Crippen molar-refractivity contribution in [3.63, 3.8) is 0 Å². The number of hydrogen-bond donors (Lipinski definition) is 1. The minimum absolute atomic E-state index is 0.245. The fourth-order valence-corrected chi connectivity index (χ4v) is 2.07. The van der Waals surface area contributed by atoms with E-state index < -0.39 is 11.6 Å². The smallest absolute Gasteiger partial charge is 0.142 e. The summed E-state index contributed by atoms with van der Waals surface area (Å²) in [5.41, 5.74) is 1.38. The van der Waals surface area contributed by atoms with Gasteiger partial charge in [0.2, 0.25) is 0 Å². The van der Waals surface area contributed by atoms with E-state index in [0.717, 1.165) is 17.5 Å². The lowest BCUT2D eigenvalue weighted by atomic mass is 10.1. The first-order valence-electron chi connectivity index (χ1n) is 5.67. The lowest BCUT2D eigenvalue weighted by Crippen LogP contribution is -2.24. The Kier molecular flexibility index (Phi) is 2.63. The van der Waals surface area contributed by atoms with Gasteiger partial charge in [0.05, 0.1) is 11.7 Å². The molecule has 1 aliphatic heterocycles. The fraction of sp³-hybridized carbons (Fsp3) is 0.143. The summed E-state index contributed by atoms with van der Waals surface area (Å²) in [5, 5.41) is 3.21. The van der Waals surface area contributed by atoms with Gasteiger partial charge in [0.15, 0.2) is 0 Å². The molecule has 1 N–H and O–H groups in total. The lowest BCUT2D eigenvalue weighted by molar-refractivity contribution is 0.286. The molecule has 18 heavy (non-hydrogen) atoms. The Morgan fingerprint density at radius 3 is 2.56 bits per heavy atom. The summed E-state index contributed by atoms with van der Waals surface area (Å²) in [6.45, 7) is 0.347. The van der Waals surface area contributed by atoms with Crippen molar-refractivity contribution in [1.29, 1.82) is 0 Å². The highest BCUT2D eigenvalue weighted by atomic mass is 19.1. The van der Waals surface area contributed by atoms with Crippen molar-refractivity contribution in [3.8, 4) is 5.75 Å². The molecule has 2 nitrogen and oxygen atoms in total. The van der Waals surface area contributed by atoms with E-state index >= 15 is 0 Å². The van der Waals surface area contributed by atoms with Crippen molar-refractivity contribution in [2.24, 2.45) is 0 Å². The van der Waals surface area contributed by atoms with E-state index in [0.29, 0.717) is 12.2 Å². The molecule has 0 aliphatic carbocycles. The van der Waals surface area contributed by atoms with E-state index in [1.165, 1.54) is 12.1 Å². The summed E-state index contributed by atoms with van der Waals surface area (Å²) < 4.78 is 31.9. The van der Waals surface area contributed by atoms with Crippen LogP contribution in [0, 0.1) is 11.6 Å². The number of fused-ring (bicyclic) bond motifs is 1. The minimum atomic E-state index is -0.578. The molecule has 0 fully saturated rings. The van der Waals surface area contributed by atoms with Crippen LogP contribution in [-0.2, 0) is 0 Å². The molecule has 0 aromatic heterocycles. The predicted octanol–water partition coefficient (Wildman–Crippen LogP) is 3.51. The van der Waals surface area contributed by atoms with E-state index in [4.69, 9.17) is 4.74 Å². The SMILES string of the molecule is Fc1cc(F)cc([C@@H]2COc3ccccc3N2)c1. The molecule has 3 rings (SSSR count). The van der Waals surface area contributed by atoms with Gasteiger partial charge in [-0.15, -0.1) is 0 Å². The summed E-state index contributed by atoms with van der Waals surface area (Å²) in [7, 11) is 0. The van der Waals surface area contributed by atoms with Crippen LogP contribution in [0.5, 0.6) is 5.75 Å². The fourth-order valence-electron chi connectivity index (χ4n) is 2.07. The molecule has 92 valence electrons. The summed E-state index contributed by atoms with van der Waals surface area (Å²) in [6.07, 6.45) is 0. The van der Waals surface area contributed by atoms with Crippen molar-refractivity contribution < 1.29 is 13.5 Å². The first-order valence-corrected chi connectivity index (χ1v) is 5.67. The number of hydrogen-bond acceptors (Lipinski definition) is 2. The van der Waals surface area contributed by atoms with Crippen LogP contribution in [-0.4, -0.2) is 6.61 Å². The van der Waals surface area contributed by atoms with Gasteiger partial charge in [-0.25, -0.2) is 8.78 Å². The highest BCUT2D eigenvalue weighted by molar-refractivity contribution is 5.59. The second-order valence-electron chi connectivity index (χ2n) is 4.21. The van der Waals surface area contributed by atoms with Crippen molar-refractivity contribution in [2.45, 2.75) is 6.04 Å². The minimum Gasteiger partial charge on any atom is -0.489 e. The maximum Gasteiger partial charge on any atom is 0.142 e. The molecule has 2 aromatic carbocycles. The van der Waals surface area contributed by atoms with Crippen molar-refractivity contribution >= 4 is 5.69 Å². The zero-order valence-corrected chi connectivity index (χ0v) is 9.49. The van der Waals surface area contributed by atoms with Gasteiger partial charge in [0.25, 0.3) is 0 Å². The summed E-state index contributed by atoms with van der Waals surface area (Å²) in [5.74, 6) is -0.401. The van der Waals surface area contributed by atoms with Crippen LogP contribution in [0.15, 0.2) is 42.5 Å². The van der Waals surface area contributed by atoms with Gasteiger partial charge in [0.1, 0.15) is 24.0 Å². The second kappa shape index (κ2) is 4.29. The molecule has 1 heterocycles. The molecule has 1 aliphatic rings. The van der Waals surface area contributed by atoms with E-state index in [-0.39, 0.29) is 6.04 Å². The standard InChI is InChI=1S/C14H11F2NO/c15-10-5-9(6-11(16)7-10)13-8-18-14-4-2-1-3-12(14)17-13/h1-7,13,17H,8H2/t13-/m0/s1. The lowest BCUT2D eigenvalue weighted by Gasteiger charge is -2.27. The van der Waals surface area contributed by atoms with Crippen LogP contribution in [0.25, 0.3) is 0 Å². The van der Waals surface area contributed by atoms with Crippen LogP contribution in [0.1, 0.15) is 11.6 Å². The van der Waals surface area contributed by atoms with E-state index in [2.05, 4.69) is 5.32 Å². The summed E-state index contributed by atoms with van der Waals surface area (Å²) >= 11 is 0. The van der Waals surface area contributed by atoms with Crippen LogP contribution in [0.2, 0.25) is 0 Å². The topological polar surface area (TPSA) is 21.3 Å². The Morgan fingerprint density at radius 2 is 1.78 bits per heavy atom. The maximum atomic E-state index is 13.2. The summed E-state index contributed by atoms with van der Waals surface area (Å²) in [4.78, 5) is 0. The molecular weight excluding hydrogens is 236 g/mol. The van der Waals surface area contributed by atoms with Crippen molar-refractivity contribution in [2.75, 3.05) is 11.9 Å². The monoisotopic (exact) mass is 247 g/mol. The van der Waals surface area contributed by atoms with E-state index in [1.54, 1.807) is 0 Å². The van der Waals surface area contributed by atoms with Crippen LogP contribution < -0.4 is 10.1 Å². The van der Waals surface area contributed by atoms with Crippen molar-refractivity contribution in [1.82, 2.24) is 0 Å². The van der Waals surface area contributed by atoms with Gasteiger partial charge in [-0.1, -0.05) is 12.1 Å². The van der Waals surface area contributed by atoms with Gasteiger partial charge in [-0.2, -0.15) is 0 Å². The van der Waals surface area contributed by atoms with Gasteiger partial charge in [0, 0.05) is 6.07 Å².